The predicted molar refractivity (Wildman–Crippen MR) is 64.8 cm³/mol. The third-order valence-corrected chi connectivity index (χ3v) is 4.85. The van der Waals surface area contributed by atoms with Crippen molar-refractivity contribution in [2.24, 2.45) is 0 Å². The van der Waals surface area contributed by atoms with Crippen molar-refractivity contribution in [1.29, 1.82) is 0 Å². The second-order valence-corrected chi connectivity index (χ2v) is 5.54. The maximum absolute atomic E-state index is 5.45. The van der Waals surface area contributed by atoms with E-state index in [0.717, 1.165) is 26.3 Å². The molecule has 15 heavy (non-hydrogen) atoms. The standard InChI is InChI=1S/C11H20N2OSe/c1-5-13(6-2)11-12-9(4)10(15-11)8-14-7-3/h5-8H2,1-4H3. The number of hydrogen-bond donors (Lipinski definition) is 0. The molecule has 0 N–H and O–H groups in total. The van der Waals surface area contributed by atoms with Gasteiger partial charge in [-0.3, -0.25) is 0 Å². The second-order valence-electron chi connectivity index (χ2n) is 3.31. The number of rotatable bonds is 6. The van der Waals surface area contributed by atoms with Gasteiger partial charge in [0.25, 0.3) is 0 Å². The summed E-state index contributed by atoms with van der Waals surface area (Å²) >= 11 is 0.380. The van der Waals surface area contributed by atoms with E-state index < -0.39 is 0 Å². The summed E-state index contributed by atoms with van der Waals surface area (Å²) in [4.78, 5) is 6.97. The van der Waals surface area contributed by atoms with Gasteiger partial charge in [0.2, 0.25) is 0 Å². The van der Waals surface area contributed by atoms with Crippen LogP contribution in [0.15, 0.2) is 0 Å². The van der Waals surface area contributed by atoms with Crippen LogP contribution in [0.25, 0.3) is 0 Å². The molecule has 0 saturated heterocycles. The molecule has 0 radical (unpaired) electrons. The minimum atomic E-state index is 0.380. The minimum absolute atomic E-state index is 0.380. The van der Waals surface area contributed by atoms with E-state index in [4.69, 9.17) is 4.74 Å². The molecule has 0 bridgehead atoms. The first-order valence-electron chi connectivity index (χ1n) is 5.51. The van der Waals surface area contributed by atoms with Gasteiger partial charge in [-0.05, 0) is 0 Å². The number of hydrogen-bond acceptors (Lipinski definition) is 3. The number of anilines is 1. The Bertz CT molecular complexity index is 295. The molecule has 4 heteroatoms. The summed E-state index contributed by atoms with van der Waals surface area (Å²) in [5.41, 5.74) is 1.17. The van der Waals surface area contributed by atoms with Crippen LogP contribution in [0.5, 0.6) is 0 Å². The molecule has 0 aliphatic rings. The Balaban J connectivity index is 2.75. The van der Waals surface area contributed by atoms with Gasteiger partial charge in [-0.25, -0.2) is 0 Å². The molecule has 0 amide bonds. The van der Waals surface area contributed by atoms with Gasteiger partial charge in [0, 0.05) is 0 Å². The van der Waals surface area contributed by atoms with Crippen molar-refractivity contribution in [3.8, 4) is 0 Å². The molecule has 0 aromatic carbocycles. The molecule has 0 spiro atoms. The predicted octanol–water partition coefficient (Wildman–Crippen LogP) is 1.83. The SMILES string of the molecule is CCOCc1[se]c(N(CC)CC)nc1C. The Morgan fingerprint density at radius 3 is 2.47 bits per heavy atom. The number of nitrogens with zero attached hydrogens (tertiary/aromatic N) is 2. The van der Waals surface area contributed by atoms with Gasteiger partial charge in [0.15, 0.2) is 0 Å². The molecule has 1 heterocycles. The third kappa shape index (κ3) is 3.33. The zero-order valence-electron chi connectivity index (χ0n) is 10.0. The third-order valence-electron chi connectivity index (χ3n) is 2.35. The maximum atomic E-state index is 5.45. The normalized spacial score (nSPS) is 10.7. The molecule has 1 aromatic rings. The zero-order valence-corrected chi connectivity index (χ0v) is 11.8. The van der Waals surface area contributed by atoms with Gasteiger partial charge in [-0.2, -0.15) is 0 Å². The Morgan fingerprint density at radius 1 is 1.27 bits per heavy atom. The average molecular weight is 275 g/mol. The summed E-state index contributed by atoms with van der Waals surface area (Å²) in [6, 6.07) is 0. The first kappa shape index (κ1) is 12.8. The van der Waals surface area contributed by atoms with Gasteiger partial charge in [0.1, 0.15) is 0 Å². The van der Waals surface area contributed by atoms with E-state index in [1.165, 1.54) is 14.8 Å². The van der Waals surface area contributed by atoms with E-state index in [0.29, 0.717) is 14.5 Å². The van der Waals surface area contributed by atoms with Gasteiger partial charge >= 0.3 is 97.9 Å². The number of aromatic nitrogens is 1. The molecule has 86 valence electrons. The molecule has 1 aromatic heterocycles. The van der Waals surface area contributed by atoms with Crippen molar-refractivity contribution in [3.05, 3.63) is 10.1 Å². The summed E-state index contributed by atoms with van der Waals surface area (Å²) in [5.74, 6) is 0. The van der Waals surface area contributed by atoms with Crippen LogP contribution in [0.2, 0.25) is 0 Å². The van der Waals surface area contributed by atoms with Crippen molar-refractivity contribution in [3.63, 3.8) is 0 Å². The molecule has 0 saturated carbocycles. The summed E-state index contributed by atoms with van der Waals surface area (Å²) < 4.78 is 8.11. The monoisotopic (exact) mass is 276 g/mol. The molecule has 0 atom stereocenters. The Kier molecular flexibility index (Phi) is 5.37. The molecule has 0 fully saturated rings. The Morgan fingerprint density at radius 2 is 1.93 bits per heavy atom. The van der Waals surface area contributed by atoms with E-state index >= 15 is 0 Å². The van der Waals surface area contributed by atoms with Gasteiger partial charge in [0.05, 0.1) is 0 Å². The zero-order chi connectivity index (χ0) is 11.3. The Hall–Kier alpha value is -0.311. The van der Waals surface area contributed by atoms with E-state index in [2.05, 4.69) is 30.7 Å². The first-order chi connectivity index (χ1) is 7.22. The molecular formula is C11H20N2OSe. The summed E-state index contributed by atoms with van der Waals surface area (Å²) in [6.07, 6.45) is 0. The topological polar surface area (TPSA) is 25.4 Å². The molecule has 0 aliphatic heterocycles. The molecule has 0 unspecified atom stereocenters. The summed E-state index contributed by atoms with van der Waals surface area (Å²) in [7, 11) is 0. The average Bonchev–Trinajstić information content (AvgIpc) is 2.59. The Labute approximate surface area is 98.2 Å². The molecular weight excluding hydrogens is 255 g/mol. The van der Waals surface area contributed by atoms with Gasteiger partial charge in [-0.1, -0.05) is 0 Å². The van der Waals surface area contributed by atoms with Crippen LogP contribution in [0.1, 0.15) is 30.9 Å². The quantitative estimate of drug-likeness (QED) is 0.741. The van der Waals surface area contributed by atoms with E-state index in [1.807, 2.05) is 6.92 Å². The fourth-order valence-electron chi connectivity index (χ4n) is 1.37. The van der Waals surface area contributed by atoms with Crippen molar-refractivity contribution in [1.82, 2.24) is 4.98 Å². The molecule has 3 nitrogen and oxygen atoms in total. The van der Waals surface area contributed by atoms with E-state index in [1.54, 1.807) is 0 Å². The van der Waals surface area contributed by atoms with E-state index in [-0.39, 0.29) is 0 Å². The number of ether oxygens (including phenoxy) is 1. The number of aryl methyl sites for hydroxylation is 1. The fraction of sp³-hybridized carbons (Fsp3) is 0.727. The van der Waals surface area contributed by atoms with Crippen molar-refractivity contribution in [2.45, 2.75) is 34.3 Å². The van der Waals surface area contributed by atoms with Crippen molar-refractivity contribution >= 4 is 19.2 Å². The van der Waals surface area contributed by atoms with E-state index in [9.17, 15) is 0 Å². The first-order valence-corrected chi connectivity index (χ1v) is 7.23. The van der Waals surface area contributed by atoms with Gasteiger partial charge in [-0.15, -0.1) is 0 Å². The van der Waals surface area contributed by atoms with Crippen LogP contribution in [0.4, 0.5) is 4.69 Å². The van der Waals surface area contributed by atoms with Crippen LogP contribution < -0.4 is 4.90 Å². The van der Waals surface area contributed by atoms with Crippen molar-refractivity contribution < 1.29 is 4.74 Å². The molecule has 0 aliphatic carbocycles. The van der Waals surface area contributed by atoms with Gasteiger partial charge < -0.3 is 0 Å². The summed E-state index contributed by atoms with van der Waals surface area (Å²) in [6.45, 7) is 12.1. The van der Waals surface area contributed by atoms with Crippen LogP contribution in [0.3, 0.4) is 0 Å². The fourth-order valence-corrected chi connectivity index (χ4v) is 3.73. The van der Waals surface area contributed by atoms with Crippen LogP contribution in [-0.4, -0.2) is 39.2 Å². The van der Waals surface area contributed by atoms with Crippen molar-refractivity contribution in [2.75, 3.05) is 24.6 Å². The van der Waals surface area contributed by atoms with Crippen LogP contribution >= 0.6 is 0 Å². The molecule has 1 rings (SSSR count). The summed E-state index contributed by atoms with van der Waals surface area (Å²) in [5, 5.41) is 0. The van der Waals surface area contributed by atoms with Crippen LogP contribution in [-0.2, 0) is 11.3 Å². The second kappa shape index (κ2) is 6.31. The van der Waals surface area contributed by atoms with Crippen LogP contribution in [0, 0.1) is 6.92 Å².